The molecule has 0 N–H and O–H groups in total. The fraction of sp³-hybridized carbons (Fsp3) is 0.667. The average molecular weight is 399 g/mol. The molecule has 2 aliphatic heterocycles. The summed E-state index contributed by atoms with van der Waals surface area (Å²) >= 11 is 0. The van der Waals surface area contributed by atoms with Gasteiger partial charge in [-0.3, -0.25) is 9.59 Å². The van der Waals surface area contributed by atoms with Gasteiger partial charge in [0.15, 0.2) is 0 Å². The van der Waals surface area contributed by atoms with Crippen molar-refractivity contribution in [1.82, 2.24) is 9.80 Å². The number of hydrogen-bond acceptors (Lipinski definition) is 3. The molecule has 0 bridgehead atoms. The maximum absolute atomic E-state index is 13.2. The SMILES string of the molecule is COCCCN1CC2(CCC1=O)CCN(C(=O)[C@@H]1CCc3ccccc3C1)CC2. The van der Waals surface area contributed by atoms with Gasteiger partial charge in [-0.15, -0.1) is 0 Å². The van der Waals surface area contributed by atoms with Crippen molar-refractivity contribution in [2.75, 3.05) is 39.9 Å². The van der Waals surface area contributed by atoms with Gasteiger partial charge >= 0.3 is 0 Å². The lowest BCUT2D eigenvalue weighted by atomic mass is 9.72. The van der Waals surface area contributed by atoms with Crippen molar-refractivity contribution in [2.45, 2.75) is 51.4 Å². The van der Waals surface area contributed by atoms with E-state index in [1.165, 1.54) is 11.1 Å². The van der Waals surface area contributed by atoms with Crippen molar-refractivity contribution in [3.05, 3.63) is 35.4 Å². The first-order valence-electron chi connectivity index (χ1n) is 11.2. The summed E-state index contributed by atoms with van der Waals surface area (Å²) in [5, 5.41) is 0. The summed E-state index contributed by atoms with van der Waals surface area (Å²) in [4.78, 5) is 29.6. The highest BCUT2D eigenvalue weighted by atomic mass is 16.5. The van der Waals surface area contributed by atoms with Crippen LogP contribution in [-0.2, 0) is 27.2 Å². The number of benzene rings is 1. The molecule has 0 unspecified atom stereocenters. The minimum atomic E-state index is 0.137. The van der Waals surface area contributed by atoms with E-state index in [2.05, 4.69) is 29.2 Å². The van der Waals surface area contributed by atoms with Crippen LogP contribution in [0.25, 0.3) is 0 Å². The molecule has 3 aliphatic rings. The number of likely N-dealkylation sites (tertiary alicyclic amines) is 2. The Kier molecular flexibility index (Phi) is 6.23. The second-order valence-electron chi connectivity index (χ2n) is 9.20. The molecular weight excluding hydrogens is 364 g/mol. The Morgan fingerprint density at radius 2 is 1.90 bits per heavy atom. The number of hydrogen-bond donors (Lipinski definition) is 0. The van der Waals surface area contributed by atoms with Gasteiger partial charge in [0.05, 0.1) is 0 Å². The molecule has 2 fully saturated rings. The molecule has 2 saturated heterocycles. The number of aryl methyl sites for hydroxylation is 1. The van der Waals surface area contributed by atoms with Gasteiger partial charge in [-0.2, -0.15) is 0 Å². The van der Waals surface area contributed by atoms with Crippen molar-refractivity contribution < 1.29 is 14.3 Å². The molecule has 2 amide bonds. The molecule has 1 aliphatic carbocycles. The molecule has 1 aromatic carbocycles. The number of ether oxygens (including phenoxy) is 1. The second-order valence-corrected chi connectivity index (χ2v) is 9.20. The zero-order valence-electron chi connectivity index (χ0n) is 17.7. The molecule has 4 rings (SSSR count). The van der Waals surface area contributed by atoms with Gasteiger partial charge in [-0.25, -0.2) is 0 Å². The minimum absolute atomic E-state index is 0.137. The fourth-order valence-electron chi connectivity index (χ4n) is 5.48. The average Bonchev–Trinajstić information content (AvgIpc) is 2.76. The molecule has 29 heavy (non-hydrogen) atoms. The van der Waals surface area contributed by atoms with Crippen LogP contribution in [-0.4, -0.2) is 61.5 Å². The molecule has 5 heteroatoms. The molecule has 1 spiro atoms. The maximum Gasteiger partial charge on any atom is 0.226 e. The van der Waals surface area contributed by atoms with E-state index in [0.717, 1.165) is 71.1 Å². The van der Waals surface area contributed by atoms with Gasteiger partial charge in [0.2, 0.25) is 11.8 Å². The maximum atomic E-state index is 13.2. The Hall–Kier alpha value is -1.88. The summed E-state index contributed by atoms with van der Waals surface area (Å²) < 4.78 is 5.14. The van der Waals surface area contributed by atoms with Crippen LogP contribution in [0, 0.1) is 11.3 Å². The summed E-state index contributed by atoms with van der Waals surface area (Å²) in [5.41, 5.74) is 2.97. The summed E-state index contributed by atoms with van der Waals surface area (Å²) in [7, 11) is 1.71. The summed E-state index contributed by atoms with van der Waals surface area (Å²) in [6.07, 6.45) is 7.45. The summed E-state index contributed by atoms with van der Waals surface area (Å²) in [6, 6.07) is 8.55. The van der Waals surface area contributed by atoms with E-state index in [0.29, 0.717) is 18.9 Å². The van der Waals surface area contributed by atoms with Gasteiger partial charge in [-0.05, 0) is 61.5 Å². The number of fused-ring (bicyclic) bond motifs is 1. The minimum Gasteiger partial charge on any atom is -0.385 e. The van der Waals surface area contributed by atoms with Gasteiger partial charge in [0.1, 0.15) is 0 Å². The molecular formula is C24H34N2O3. The highest BCUT2D eigenvalue weighted by Crippen LogP contribution is 2.41. The van der Waals surface area contributed by atoms with Crippen molar-refractivity contribution in [3.63, 3.8) is 0 Å². The lowest BCUT2D eigenvalue weighted by Crippen LogP contribution is -2.53. The molecule has 1 atom stereocenters. The van der Waals surface area contributed by atoms with E-state index in [4.69, 9.17) is 4.74 Å². The number of piperidine rings is 2. The van der Waals surface area contributed by atoms with E-state index >= 15 is 0 Å². The largest absolute Gasteiger partial charge is 0.385 e. The van der Waals surface area contributed by atoms with E-state index in [1.54, 1.807) is 7.11 Å². The first kappa shape index (κ1) is 20.4. The Morgan fingerprint density at radius 3 is 2.66 bits per heavy atom. The van der Waals surface area contributed by atoms with Gasteiger partial charge in [0.25, 0.3) is 0 Å². The molecule has 2 heterocycles. The van der Waals surface area contributed by atoms with Crippen molar-refractivity contribution >= 4 is 11.8 Å². The number of carbonyl (C=O) groups excluding carboxylic acids is 2. The van der Waals surface area contributed by atoms with Crippen LogP contribution in [0.3, 0.4) is 0 Å². The predicted molar refractivity (Wildman–Crippen MR) is 113 cm³/mol. The zero-order valence-corrected chi connectivity index (χ0v) is 17.7. The number of nitrogens with zero attached hydrogens (tertiary/aromatic N) is 2. The quantitative estimate of drug-likeness (QED) is 0.717. The first-order valence-corrected chi connectivity index (χ1v) is 11.2. The number of methoxy groups -OCH3 is 1. The molecule has 1 aromatic rings. The van der Waals surface area contributed by atoms with E-state index < -0.39 is 0 Å². The van der Waals surface area contributed by atoms with Crippen molar-refractivity contribution in [3.8, 4) is 0 Å². The number of rotatable bonds is 5. The molecule has 0 aromatic heterocycles. The molecule has 0 saturated carbocycles. The van der Waals surface area contributed by atoms with Crippen molar-refractivity contribution in [2.24, 2.45) is 11.3 Å². The Labute approximate surface area is 174 Å². The third-order valence-corrected chi connectivity index (χ3v) is 7.36. The lowest BCUT2D eigenvalue weighted by Gasteiger charge is -2.48. The van der Waals surface area contributed by atoms with Gasteiger partial charge < -0.3 is 14.5 Å². The van der Waals surface area contributed by atoms with Gasteiger partial charge in [-0.1, -0.05) is 24.3 Å². The third kappa shape index (κ3) is 4.50. The Morgan fingerprint density at radius 1 is 1.14 bits per heavy atom. The smallest absolute Gasteiger partial charge is 0.226 e. The van der Waals surface area contributed by atoms with Crippen LogP contribution in [0.2, 0.25) is 0 Å². The van der Waals surface area contributed by atoms with E-state index in [9.17, 15) is 9.59 Å². The van der Waals surface area contributed by atoms with Crippen LogP contribution in [0.4, 0.5) is 0 Å². The fourth-order valence-corrected chi connectivity index (χ4v) is 5.48. The highest BCUT2D eigenvalue weighted by Gasteiger charge is 2.42. The first-order chi connectivity index (χ1) is 14.1. The third-order valence-electron chi connectivity index (χ3n) is 7.36. The molecule has 5 nitrogen and oxygen atoms in total. The lowest BCUT2D eigenvalue weighted by molar-refractivity contribution is -0.144. The van der Waals surface area contributed by atoms with Crippen LogP contribution in [0.5, 0.6) is 0 Å². The molecule has 158 valence electrons. The summed E-state index contributed by atoms with van der Waals surface area (Å²) in [5.74, 6) is 0.765. The standard InChI is InChI=1S/C24H34N2O3/c1-29-16-4-13-26-18-24(10-9-22(26)27)11-14-25(15-12-24)23(28)21-8-7-19-5-2-3-6-20(19)17-21/h2-3,5-6,21H,4,7-18H2,1H3/t21-/m1/s1. The Balaban J connectivity index is 1.32. The van der Waals surface area contributed by atoms with Crippen LogP contribution in [0.15, 0.2) is 24.3 Å². The van der Waals surface area contributed by atoms with E-state index in [-0.39, 0.29) is 17.2 Å². The zero-order chi connectivity index (χ0) is 20.3. The molecule has 0 radical (unpaired) electrons. The predicted octanol–water partition coefficient (Wildman–Crippen LogP) is 3.06. The monoisotopic (exact) mass is 398 g/mol. The van der Waals surface area contributed by atoms with E-state index in [1.807, 2.05) is 4.90 Å². The summed E-state index contributed by atoms with van der Waals surface area (Å²) in [6.45, 7) is 4.03. The Bertz CT molecular complexity index is 739. The number of amides is 2. The van der Waals surface area contributed by atoms with Crippen LogP contribution >= 0.6 is 0 Å². The van der Waals surface area contributed by atoms with Crippen LogP contribution in [0.1, 0.15) is 49.7 Å². The van der Waals surface area contributed by atoms with Gasteiger partial charge in [0, 0.05) is 52.2 Å². The highest BCUT2D eigenvalue weighted by molar-refractivity contribution is 5.80. The topological polar surface area (TPSA) is 49.9 Å². The van der Waals surface area contributed by atoms with Crippen LogP contribution < -0.4 is 0 Å². The number of carbonyl (C=O) groups is 2. The normalized spacial score (nSPS) is 23.9. The van der Waals surface area contributed by atoms with Crippen molar-refractivity contribution in [1.29, 1.82) is 0 Å². The second kappa shape index (κ2) is 8.86.